The molecule has 1 aliphatic rings. The van der Waals surface area contributed by atoms with Gasteiger partial charge >= 0.3 is 5.97 Å². The van der Waals surface area contributed by atoms with Crippen LogP contribution in [0.1, 0.15) is 11.1 Å². The van der Waals surface area contributed by atoms with Gasteiger partial charge in [0.15, 0.2) is 28.7 Å². The Bertz CT molecular complexity index is 904. The normalized spacial score (nSPS) is 15.1. The van der Waals surface area contributed by atoms with Gasteiger partial charge in [-0.2, -0.15) is 0 Å². The largest absolute Gasteiger partial charge is 0.504 e. The van der Waals surface area contributed by atoms with Gasteiger partial charge in [0.25, 0.3) is 0 Å². The molecule has 0 spiro atoms. The number of rotatable bonds is 4. The van der Waals surface area contributed by atoms with Crippen molar-refractivity contribution in [1.82, 2.24) is 5.32 Å². The molecule has 0 saturated carbocycles. The maximum Gasteiger partial charge on any atom is 0.365 e. The van der Waals surface area contributed by atoms with Crippen molar-refractivity contribution >= 4 is 11.9 Å². The van der Waals surface area contributed by atoms with Crippen molar-refractivity contribution in [3.8, 4) is 23.0 Å². The van der Waals surface area contributed by atoms with E-state index in [9.17, 15) is 25.2 Å². The van der Waals surface area contributed by atoms with Crippen molar-refractivity contribution in [2.75, 3.05) is 0 Å². The van der Waals surface area contributed by atoms with Crippen LogP contribution < -0.4 is 5.32 Å². The number of carbonyl (C=O) groups is 1. The summed E-state index contributed by atoms with van der Waals surface area (Å²) < 4.78 is 5.03. The van der Waals surface area contributed by atoms with Gasteiger partial charge in [-0.25, -0.2) is 9.79 Å². The Kier molecular flexibility index (Phi) is 4.17. The summed E-state index contributed by atoms with van der Waals surface area (Å²) in [5, 5.41) is 40.3. The highest BCUT2D eigenvalue weighted by Crippen LogP contribution is 2.27. The Morgan fingerprint density at radius 2 is 1.64 bits per heavy atom. The average molecular weight is 342 g/mol. The van der Waals surface area contributed by atoms with Gasteiger partial charge in [0.1, 0.15) is 0 Å². The summed E-state index contributed by atoms with van der Waals surface area (Å²) in [6.07, 6.45) is 1.36. The molecular formula is C17H14N2O6. The summed E-state index contributed by atoms with van der Waals surface area (Å²) in [5.74, 6) is -1.74. The zero-order valence-electron chi connectivity index (χ0n) is 12.8. The van der Waals surface area contributed by atoms with E-state index in [-0.39, 0.29) is 41.1 Å². The second kappa shape index (κ2) is 6.44. The summed E-state index contributed by atoms with van der Waals surface area (Å²) in [6, 6.07) is 8.31. The Morgan fingerprint density at radius 3 is 2.32 bits per heavy atom. The van der Waals surface area contributed by atoms with Crippen molar-refractivity contribution in [3.63, 3.8) is 0 Å². The fraction of sp³-hybridized carbons (Fsp3) is 0.0588. The number of phenolic OH excluding ortho intramolecular Hbond substituents is 4. The van der Waals surface area contributed by atoms with E-state index in [1.54, 1.807) is 6.07 Å². The van der Waals surface area contributed by atoms with Crippen LogP contribution >= 0.6 is 0 Å². The molecule has 0 aliphatic carbocycles. The second-order valence-corrected chi connectivity index (χ2v) is 5.24. The molecule has 2 aromatic rings. The molecule has 0 unspecified atom stereocenters. The van der Waals surface area contributed by atoms with Gasteiger partial charge < -0.3 is 30.5 Å². The predicted molar refractivity (Wildman–Crippen MR) is 87.1 cm³/mol. The number of nitrogens with zero attached hydrogens (tertiary/aromatic N) is 1. The Hall–Kier alpha value is -3.68. The number of aliphatic imine (C=N–C) groups is 1. The van der Waals surface area contributed by atoms with E-state index in [0.29, 0.717) is 11.1 Å². The molecular weight excluding hydrogens is 328 g/mol. The standard InChI is InChI=1S/C17H14N2O6/c20-12-3-1-9(5-14(12)22)7-18-8-11-17(24)25-16(19-11)10-2-4-13(21)15(23)6-10/h1-6,8,18,20-23H,7H2. The lowest BCUT2D eigenvalue weighted by molar-refractivity contribution is -0.130. The minimum atomic E-state index is -0.663. The number of cyclic esters (lactones) is 1. The molecule has 8 heteroatoms. The lowest BCUT2D eigenvalue weighted by Gasteiger charge is -2.03. The van der Waals surface area contributed by atoms with Crippen LogP contribution in [0, 0.1) is 0 Å². The van der Waals surface area contributed by atoms with Gasteiger partial charge in [-0.3, -0.25) is 0 Å². The van der Waals surface area contributed by atoms with Crippen molar-refractivity contribution in [2.45, 2.75) is 6.54 Å². The third kappa shape index (κ3) is 3.47. The second-order valence-electron chi connectivity index (χ2n) is 5.24. The molecule has 0 aromatic heterocycles. The highest BCUT2D eigenvalue weighted by molar-refractivity contribution is 6.11. The molecule has 0 radical (unpaired) electrons. The molecule has 1 heterocycles. The Balaban J connectivity index is 1.72. The molecule has 2 aromatic carbocycles. The van der Waals surface area contributed by atoms with Crippen LogP contribution in [0.3, 0.4) is 0 Å². The monoisotopic (exact) mass is 342 g/mol. The van der Waals surface area contributed by atoms with Crippen molar-refractivity contribution in [1.29, 1.82) is 0 Å². The number of carbonyl (C=O) groups excluding carboxylic acids is 1. The van der Waals surface area contributed by atoms with Crippen LogP contribution in [0.5, 0.6) is 23.0 Å². The Labute approximate surface area is 142 Å². The van der Waals surface area contributed by atoms with E-state index in [1.165, 1.54) is 36.5 Å². The summed E-state index contributed by atoms with van der Waals surface area (Å²) >= 11 is 0. The Morgan fingerprint density at radius 1 is 0.960 bits per heavy atom. The number of hydrogen-bond donors (Lipinski definition) is 5. The maximum atomic E-state index is 11.8. The summed E-state index contributed by atoms with van der Waals surface area (Å²) in [6.45, 7) is 0.287. The summed E-state index contributed by atoms with van der Waals surface area (Å²) in [4.78, 5) is 15.9. The molecule has 0 fully saturated rings. The number of benzene rings is 2. The first kappa shape index (κ1) is 16.2. The van der Waals surface area contributed by atoms with E-state index < -0.39 is 5.97 Å². The smallest absolute Gasteiger partial charge is 0.365 e. The number of phenols is 4. The van der Waals surface area contributed by atoms with Crippen molar-refractivity contribution < 1.29 is 30.0 Å². The first-order valence-electron chi connectivity index (χ1n) is 7.21. The molecule has 5 N–H and O–H groups in total. The molecule has 0 saturated heterocycles. The topological polar surface area (TPSA) is 132 Å². The van der Waals surface area contributed by atoms with Gasteiger partial charge in [-0.1, -0.05) is 6.07 Å². The molecule has 128 valence electrons. The first-order chi connectivity index (χ1) is 11.9. The van der Waals surface area contributed by atoms with Crippen LogP contribution in [0.25, 0.3) is 0 Å². The SMILES string of the molecule is O=C1OC(c2ccc(O)c(O)c2)=NC1=CNCc1ccc(O)c(O)c1. The summed E-state index contributed by atoms with van der Waals surface area (Å²) in [7, 11) is 0. The molecule has 25 heavy (non-hydrogen) atoms. The number of ether oxygens (including phenoxy) is 1. The van der Waals surface area contributed by atoms with E-state index in [1.807, 2.05) is 0 Å². The molecule has 1 aliphatic heterocycles. The summed E-state index contributed by atoms with van der Waals surface area (Å²) in [5.41, 5.74) is 1.06. The van der Waals surface area contributed by atoms with Gasteiger partial charge in [-0.05, 0) is 35.9 Å². The average Bonchev–Trinajstić information content (AvgIpc) is 2.94. The maximum absolute atomic E-state index is 11.8. The zero-order valence-corrected chi connectivity index (χ0v) is 12.8. The third-order valence-electron chi connectivity index (χ3n) is 3.43. The number of aromatic hydroxyl groups is 4. The van der Waals surface area contributed by atoms with Gasteiger partial charge in [0, 0.05) is 18.3 Å². The van der Waals surface area contributed by atoms with Crippen molar-refractivity contribution in [3.05, 3.63) is 59.4 Å². The highest BCUT2D eigenvalue weighted by atomic mass is 16.6. The number of hydrogen-bond acceptors (Lipinski definition) is 8. The van der Waals surface area contributed by atoms with E-state index in [0.717, 1.165) is 0 Å². The van der Waals surface area contributed by atoms with Crippen LogP contribution in [-0.4, -0.2) is 32.3 Å². The van der Waals surface area contributed by atoms with Crippen LogP contribution in [0.4, 0.5) is 0 Å². The van der Waals surface area contributed by atoms with Gasteiger partial charge in [0.05, 0.1) is 0 Å². The lowest BCUT2D eigenvalue weighted by Crippen LogP contribution is -2.09. The zero-order chi connectivity index (χ0) is 18.0. The number of esters is 1. The van der Waals surface area contributed by atoms with Gasteiger partial charge in [0.2, 0.25) is 5.90 Å². The minimum Gasteiger partial charge on any atom is -0.504 e. The van der Waals surface area contributed by atoms with Crippen LogP contribution in [0.2, 0.25) is 0 Å². The third-order valence-corrected chi connectivity index (χ3v) is 3.43. The first-order valence-corrected chi connectivity index (χ1v) is 7.21. The van der Waals surface area contributed by atoms with Gasteiger partial charge in [-0.15, -0.1) is 0 Å². The van der Waals surface area contributed by atoms with E-state index in [2.05, 4.69) is 10.3 Å². The molecule has 8 nitrogen and oxygen atoms in total. The molecule has 0 bridgehead atoms. The molecule has 0 atom stereocenters. The fourth-order valence-corrected chi connectivity index (χ4v) is 2.13. The van der Waals surface area contributed by atoms with Crippen LogP contribution in [-0.2, 0) is 16.1 Å². The van der Waals surface area contributed by atoms with E-state index >= 15 is 0 Å². The number of nitrogens with one attached hydrogen (secondary N) is 1. The fourth-order valence-electron chi connectivity index (χ4n) is 2.13. The predicted octanol–water partition coefficient (Wildman–Crippen LogP) is 1.44. The quantitative estimate of drug-likeness (QED) is 0.323. The molecule has 0 amide bonds. The molecule has 3 rings (SSSR count). The van der Waals surface area contributed by atoms with Crippen molar-refractivity contribution in [2.24, 2.45) is 4.99 Å². The highest BCUT2D eigenvalue weighted by Gasteiger charge is 2.24. The minimum absolute atomic E-state index is 0.00984. The van der Waals surface area contributed by atoms with E-state index in [4.69, 9.17) is 4.74 Å². The lowest BCUT2D eigenvalue weighted by atomic mass is 10.2. The van der Waals surface area contributed by atoms with Crippen LogP contribution in [0.15, 0.2) is 53.3 Å².